The summed E-state index contributed by atoms with van der Waals surface area (Å²) in [6.07, 6.45) is 0.924. The van der Waals surface area contributed by atoms with E-state index < -0.39 is 0 Å². The molecule has 2 unspecified atom stereocenters. The van der Waals surface area contributed by atoms with Crippen molar-refractivity contribution in [1.29, 1.82) is 0 Å². The van der Waals surface area contributed by atoms with Crippen LogP contribution in [0.2, 0.25) is 5.02 Å². The molecule has 16 heavy (non-hydrogen) atoms. The van der Waals surface area contributed by atoms with Gasteiger partial charge in [0, 0.05) is 22.4 Å². The van der Waals surface area contributed by atoms with E-state index in [0.29, 0.717) is 5.92 Å². The van der Waals surface area contributed by atoms with Crippen LogP contribution in [-0.4, -0.2) is 6.04 Å². The molecule has 2 rings (SSSR count). The number of rotatable bonds is 3. The van der Waals surface area contributed by atoms with Crippen LogP contribution in [0.1, 0.15) is 31.9 Å². The molecule has 0 aliphatic carbocycles. The van der Waals surface area contributed by atoms with E-state index in [1.807, 2.05) is 31.2 Å². The number of furan rings is 1. The van der Waals surface area contributed by atoms with Crippen molar-refractivity contribution in [3.05, 3.63) is 35.0 Å². The Morgan fingerprint density at radius 3 is 2.75 bits per heavy atom. The number of nitrogens with two attached hydrogens (primary N) is 1. The van der Waals surface area contributed by atoms with Gasteiger partial charge in [-0.3, -0.25) is 0 Å². The summed E-state index contributed by atoms with van der Waals surface area (Å²) in [5.74, 6) is 1.32. The van der Waals surface area contributed by atoms with Crippen LogP contribution in [0.15, 0.2) is 28.7 Å². The molecule has 2 N–H and O–H groups in total. The van der Waals surface area contributed by atoms with E-state index in [9.17, 15) is 0 Å². The van der Waals surface area contributed by atoms with E-state index >= 15 is 0 Å². The molecule has 0 radical (unpaired) electrons. The third-order valence-electron chi connectivity index (χ3n) is 2.71. The maximum Gasteiger partial charge on any atom is 0.134 e. The van der Waals surface area contributed by atoms with E-state index in [1.165, 1.54) is 0 Å². The molecule has 0 saturated carbocycles. The number of halogens is 1. The normalized spacial score (nSPS) is 15.2. The number of benzene rings is 1. The predicted molar refractivity (Wildman–Crippen MR) is 67.9 cm³/mol. The highest BCUT2D eigenvalue weighted by molar-refractivity contribution is 6.31. The summed E-state index contributed by atoms with van der Waals surface area (Å²) < 4.78 is 5.77. The van der Waals surface area contributed by atoms with Crippen LogP contribution in [0, 0.1) is 0 Å². The zero-order chi connectivity index (χ0) is 11.7. The molecule has 0 spiro atoms. The Morgan fingerprint density at radius 2 is 2.06 bits per heavy atom. The molecular formula is C13H16ClNO. The van der Waals surface area contributed by atoms with Crippen LogP contribution in [-0.2, 0) is 0 Å². The highest BCUT2D eigenvalue weighted by Gasteiger charge is 2.13. The molecule has 1 heterocycles. The van der Waals surface area contributed by atoms with Crippen LogP contribution in [0.3, 0.4) is 0 Å². The maximum absolute atomic E-state index is 5.93. The average Bonchev–Trinajstić information content (AvgIpc) is 2.59. The number of hydrogen-bond acceptors (Lipinski definition) is 2. The van der Waals surface area contributed by atoms with Crippen molar-refractivity contribution < 1.29 is 4.42 Å². The number of fused-ring (bicyclic) bond motifs is 1. The second-order valence-electron chi connectivity index (χ2n) is 4.44. The summed E-state index contributed by atoms with van der Waals surface area (Å²) in [5.41, 5.74) is 6.67. The van der Waals surface area contributed by atoms with E-state index in [4.69, 9.17) is 21.8 Å². The van der Waals surface area contributed by atoms with E-state index in [-0.39, 0.29) is 6.04 Å². The van der Waals surface area contributed by atoms with Gasteiger partial charge in [0.1, 0.15) is 11.3 Å². The molecule has 2 nitrogen and oxygen atoms in total. The van der Waals surface area contributed by atoms with Crippen LogP contribution in [0.5, 0.6) is 0 Å². The molecule has 0 aliphatic rings. The van der Waals surface area contributed by atoms with Crippen LogP contribution in [0.25, 0.3) is 11.0 Å². The third kappa shape index (κ3) is 2.39. The molecule has 0 saturated heterocycles. The first-order chi connectivity index (χ1) is 7.56. The fourth-order valence-corrected chi connectivity index (χ4v) is 2.13. The van der Waals surface area contributed by atoms with Crippen molar-refractivity contribution >= 4 is 22.6 Å². The zero-order valence-corrected chi connectivity index (χ0v) is 10.3. The molecule has 86 valence electrons. The monoisotopic (exact) mass is 237 g/mol. The fraction of sp³-hybridized carbons (Fsp3) is 0.385. The van der Waals surface area contributed by atoms with Crippen molar-refractivity contribution in [2.24, 2.45) is 5.73 Å². The lowest BCUT2D eigenvalue weighted by atomic mass is 10.0. The summed E-state index contributed by atoms with van der Waals surface area (Å²) in [6.45, 7) is 4.14. The minimum atomic E-state index is 0.187. The van der Waals surface area contributed by atoms with Gasteiger partial charge in [0.25, 0.3) is 0 Å². The fourth-order valence-electron chi connectivity index (χ4n) is 1.95. The zero-order valence-electron chi connectivity index (χ0n) is 9.53. The first-order valence-corrected chi connectivity index (χ1v) is 5.88. The van der Waals surface area contributed by atoms with Crippen molar-refractivity contribution in [2.45, 2.75) is 32.2 Å². The SMILES string of the molecule is CC(N)CC(C)c1cc2cc(Cl)ccc2o1. The van der Waals surface area contributed by atoms with Gasteiger partial charge in [-0.2, -0.15) is 0 Å². The Labute approximate surface area is 100 Å². The first kappa shape index (κ1) is 11.5. The van der Waals surface area contributed by atoms with E-state index in [1.54, 1.807) is 0 Å². The van der Waals surface area contributed by atoms with Crippen molar-refractivity contribution in [2.75, 3.05) is 0 Å². The van der Waals surface area contributed by atoms with Gasteiger partial charge in [0.15, 0.2) is 0 Å². The maximum atomic E-state index is 5.93. The standard InChI is InChI=1S/C13H16ClNO/c1-8(5-9(2)15)13-7-10-6-11(14)3-4-12(10)16-13/h3-4,6-9H,5,15H2,1-2H3. The molecule has 1 aromatic heterocycles. The second-order valence-corrected chi connectivity index (χ2v) is 4.88. The van der Waals surface area contributed by atoms with Gasteiger partial charge in [-0.25, -0.2) is 0 Å². The highest BCUT2D eigenvalue weighted by Crippen LogP contribution is 2.29. The van der Waals surface area contributed by atoms with Gasteiger partial charge in [0.05, 0.1) is 0 Å². The topological polar surface area (TPSA) is 39.2 Å². The molecule has 3 heteroatoms. The third-order valence-corrected chi connectivity index (χ3v) is 2.94. The summed E-state index contributed by atoms with van der Waals surface area (Å²) in [6, 6.07) is 7.90. The minimum absolute atomic E-state index is 0.187. The van der Waals surface area contributed by atoms with E-state index in [0.717, 1.165) is 28.2 Å². The molecule has 2 atom stereocenters. The molecule has 0 aliphatic heterocycles. The molecule has 0 amide bonds. The number of hydrogen-bond donors (Lipinski definition) is 1. The van der Waals surface area contributed by atoms with Gasteiger partial charge >= 0.3 is 0 Å². The molecular weight excluding hydrogens is 222 g/mol. The predicted octanol–water partition coefficient (Wildman–Crippen LogP) is 3.93. The van der Waals surface area contributed by atoms with Crippen molar-refractivity contribution in [3.63, 3.8) is 0 Å². The van der Waals surface area contributed by atoms with Crippen LogP contribution in [0.4, 0.5) is 0 Å². The smallest absolute Gasteiger partial charge is 0.134 e. The Hall–Kier alpha value is -0.990. The van der Waals surface area contributed by atoms with Crippen molar-refractivity contribution in [1.82, 2.24) is 0 Å². The Morgan fingerprint density at radius 1 is 1.31 bits per heavy atom. The van der Waals surface area contributed by atoms with Crippen LogP contribution < -0.4 is 5.73 Å². The highest BCUT2D eigenvalue weighted by atomic mass is 35.5. The van der Waals surface area contributed by atoms with Gasteiger partial charge < -0.3 is 10.2 Å². The van der Waals surface area contributed by atoms with Crippen LogP contribution >= 0.6 is 11.6 Å². The Kier molecular flexibility index (Phi) is 3.22. The molecule has 0 bridgehead atoms. The quantitative estimate of drug-likeness (QED) is 0.879. The van der Waals surface area contributed by atoms with Gasteiger partial charge in [-0.05, 0) is 37.6 Å². The lowest BCUT2D eigenvalue weighted by molar-refractivity contribution is 0.468. The minimum Gasteiger partial charge on any atom is -0.461 e. The molecule has 1 aromatic carbocycles. The first-order valence-electron chi connectivity index (χ1n) is 5.51. The lowest BCUT2D eigenvalue weighted by Gasteiger charge is -2.10. The largest absolute Gasteiger partial charge is 0.461 e. The van der Waals surface area contributed by atoms with Gasteiger partial charge in [-0.1, -0.05) is 18.5 Å². The lowest BCUT2D eigenvalue weighted by Crippen LogP contribution is -2.17. The van der Waals surface area contributed by atoms with Gasteiger partial charge in [0.2, 0.25) is 0 Å². The van der Waals surface area contributed by atoms with Gasteiger partial charge in [-0.15, -0.1) is 0 Å². The van der Waals surface area contributed by atoms with Crippen molar-refractivity contribution in [3.8, 4) is 0 Å². The Balaban J connectivity index is 2.32. The Bertz CT molecular complexity index is 490. The summed E-state index contributed by atoms with van der Waals surface area (Å²) in [7, 11) is 0. The summed E-state index contributed by atoms with van der Waals surface area (Å²) >= 11 is 5.93. The average molecular weight is 238 g/mol. The second kappa shape index (κ2) is 4.48. The summed E-state index contributed by atoms with van der Waals surface area (Å²) in [4.78, 5) is 0. The summed E-state index contributed by atoms with van der Waals surface area (Å²) in [5, 5.41) is 1.79. The molecule has 2 aromatic rings. The molecule has 0 fully saturated rings. The van der Waals surface area contributed by atoms with E-state index in [2.05, 4.69) is 6.92 Å².